The van der Waals surface area contributed by atoms with E-state index in [0.29, 0.717) is 18.5 Å². The molecule has 2 rings (SSSR count). The normalized spacial score (nSPS) is 27.1. The predicted molar refractivity (Wildman–Crippen MR) is 69.5 cm³/mol. The second kappa shape index (κ2) is 4.97. The molecule has 2 aliphatic carbocycles. The van der Waals surface area contributed by atoms with E-state index in [1.165, 1.54) is 25.7 Å². The Morgan fingerprint density at radius 1 is 1.35 bits per heavy atom. The van der Waals surface area contributed by atoms with Gasteiger partial charge in [-0.2, -0.15) is 0 Å². The first kappa shape index (κ1) is 12.9. The van der Waals surface area contributed by atoms with Gasteiger partial charge in [0, 0.05) is 18.5 Å². The minimum absolute atomic E-state index is 0.201. The molecule has 98 valence electrons. The third-order valence-electron chi connectivity index (χ3n) is 4.43. The van der Waals surface area contributed by atoms with Crippen LogP contribution in [0, 0.1) is 11.3 Å². The van der Waals surface area contributed by atoms with Crippen LogP contribution in [0.5, 0.6) is 0 Å². The van der Waals surface area contributed by atoms with Gasteiger partial charge in [-0.05, 0) is 44.1 Å². The first-order chi connectivity index (χ1) is 8.06. The Labute approximate surface area is 105 Å². The van der Waals surface area contributed by atoms with Crippen LogP contribution in [0.15, 0.2) is 0 Å². The quantitative estimate of drug-likeness (QED) is 0.797. The molecule has 2 saturated carbocycles. The van der Waals surface area contributed by atoms with E-state index in [9.17, 15) is 4.79 Å². The highest BCUT2D eigenvalue weighted by Crippen LogP contribution is 2.44. The van der Waals surface area contributed by atoms with Gasteiger partial charge in [0.2, 0.25) is 5.91 Å². The average molecular weight is 238 g/mol. The molecule has 0 heterocycles. The maximum atomic E-state index is 12.6. The van der Waals surface area contributed by atoms with Crippen LogP contribution >= 0.6 is 0 Å². The van der Waals surface area contributed by atoms with Crippen molar-refractivity contribution in [1.82, 2.24) is 4.90 Å². The summed E-state index contributed by atoms with van der Waals surface area (Å²) in [6.07, 6.45) is 6.82. The Morgan fingerprint density at radius 3 is 2.53 bits per heavy atom. The number of hydrogen-bond acceptors (Lipinski definition) is 2. The van der Waals surface area contributed by atoms with Gasteiger partial charge in [0.05, 0.1) is 0 Å². The lowest BCUT2D eigenvalue weighted by molar-refractivity contribution is -0.139. The summed E-state index contributed by atoms with van der Waals surface area (Å²) >= 11 is 0. The first-order valence-electron chi connectivity index (χ1n) is 7.07. The van der Waals surface area contributed by atoms with Gasteiger partial charge >= 0.3 is 0 Å². The van der Waals surface area contributed by atoms with Crippen molar-refractivity contribution in [2.45, 2.75) is 58.4 Å². The van der Waals surface area contributed by atoms with Crippen LogP contribution in [0.4, 0.5) is 0 Å². The number of rotatable bonds is 5. The molecule has 0 saturated heterocycles. The molecule has 0 bridgehead atoms. The molecule has 3 heteroatoms. The van der Waals surface area contributed by atoms with Crippen molar-refractivity contribution in [2.75, 3.05) is 13.1 Å². The van der Waals surface area contributed by atoms with Crippen molar-refractivity contribution in [1.29, 1.82) is 0 Å². The fourth-order valence-corrected chi connectivity index (χ4v) is 3.11. The van der Waals surface area contributed by atoms with Crippen molar-refractivity contribution in [3.05, 3.63) is 0 Å². The smallest absolute Gasteiger partial charge is 0.226 e. The van der Waals surface area contributed by atoms with E-state index in [-0.39, 0.29) is 11.3 Å². The second-order valence-corrected chi connectivity index (χ2v) is 6.34. The number of carbonyl (C=O) groups excluding carboxylic acids is 1. The summed E-state index contributed by atoms with van der Waals surface area (Å²) in [5.41, 5.74) is 5.77. The van der Waals surface area contributed by atoms with Gasteiger partial charge in [0.15, 0.2) is 0 Å². The Hall–Kier alpha value is -0.570. The Morgan fingerprint density at radius 2 is 2.06 bits per heavy atom. The second-order valence-electron chi connectivity index (χ2n) is 6.34. The SMILES string of the molecule is CC1(C)CCCC1C(=O)N(CCCN)C1CC1. The number of nitrogens with zero attached hydrogens (tertiary/aromatic N) is 1. The van der Waals surface area contributed by atoms with Crippen molar-refractivity contribution >= 4 is 5.91 Å². The molecule has 0 aliphatic heterocycles. The summed E-state index contributed by atoms with van der Waals surface area (Å²) in [6, 6.07) is 0.533. The summed E-state index contributed by atoms with van der Waals surface area (Å²) in [5.74, 6) is 0.657. The minimum Gasteiger partial charge on any atom is -0.339 e. The van der Waals surface area contributed by atoms with E-state index in [4.69, 9.17) is 5.73 Å². The number of hydrogen-bond donors (Lipinski definition) is 1. The third kappa shape index (κ3) is 2.82. The molecule has 2 N–H and O–H groups in total. The van der Waals surface area contributed by atoms with Gasteiger partial charge < -0.3 is 10.6 Å². The molecule has 1 amide bonds. The highest BCUT2D eigenvalue weighted by molar-refractivity contribution is 5.80. The molecule has 0 aromatic heterocycles. The number of nitrogens with two attached hydrogens (primary N) is 1. The molecule has 0 aromatic carbocycles. The predicted octanol–water partition coefficient (Wildman–Crippen LogP) is 2.15. The van der Waals surface area contributed by atoms with Crippen LogP contribution in [0.2, 0.25) is 0 Å². The van der Waals surface area contributed by atoms with E-state index in [1.807, 2.05) is 0 Å². The largest absolute Gasteiger partial charge is 0.339 e. The topological polar surface area (TPSA) is 46.3 Å². The van der Waals surface area contributed by atoms with Crippen molar-refractivity contribution < 1.29 is 4.79 Å². The van der Waals surface area contributed by atoms with Crippen LogP contribution in [0.3, 0.4) is 0 Å². The fraction of sp³-hybridized carbons (Fsp3) is 0.929. The Kier molecular flexibility index (Phi) is 3.76. The number of carbonyl (C=O) groups is 1. The minimum atomic E-state index is 0.201. The van der Waals surface area contributed by atoms with Crippen molar-refractivity contribution in [3.8, 4) is 0 Å². The lowest BCUT2D eigenvalue weighted by atomic mass is 9.81. The molecule has 1 unspecified atom stereocenters. The van der Waals surface area contributed by atoms with Gasteiger partial charge in [-0.3, -0.25) is 4.79 Å². The molecule has 0 spiro atoms. The molecular weight excluding hydrogens is 212 g/mol. The molecule has 2 aliphatic rings. The van der Waals surface area contributed by atoms with E-state index in [0.717, 1.165) is 19.4 Å². The average Bonchev–Trinajstić information content (AvgIpc) is 3.03. The highest BCUT2D eigenvalue weighted by atomic mass is 16.2. The van der Waals surface area contributed by atoms with Crippen LogP contribution in [0.25, 0.3) is 0 Å². The van der Waals surface area contributed by atoms with Gasteiger partial charge in [-0.1, -0.05) is 20.3 Å². The molecule has 0 radical (unpaired) electrons. The van der Waals surface area contributed by atoms with E-state index >= 15 is 0 Å². The standard InChI is InChI=1S/C14H26N2O/c1-14(2)8-3-5-12(14)13(17)16(10-4-9-15)11-6-7-11/h11-12H,3-10,15H2,1-2H3. The van der Waals surface area contributed by atoms with Crippen LogP contribution in [-0.2, 0) is 4.79 Å². The van der Waals surface area contributed by atoms with Gasteiger partial charge in [-0.15, -0.1) is 0 Å². The van der Waals surface area contributed by atoms with Gasteiger partial charge in [0.25, 0.3) is 0 Å². The molecule has 2 fully saturated rings. The van der Waals surface area contributed by atoms with E-state index in [1.54, 1.807) is 0 Å². The van der Waals surface area contributed by atoms with Crippen LogP contribution in [0.1, 0.15) is 52.4 Å². The first-order valence-corrected chi connectivity index (χ1v) is 7.07. The number of amides is 1. The fourth-order valence-electron chi connectivity index (χ4n) is 3.11. The molecule has 1 atom stereocenters. The van der Waals surface area contributed by atoms with Gasteiger partial charge in [0.1, 0.15) is 0 Å². The Bertz CT molecular complexity index is 284. The monoisotopic (exact) mass is 238 g/mol. The van der Waals surface area contributed by atoms with E-state index < -0.39 is 0 Å². The summed E-state index contributed by atoms with van der Waals surface area (Å²) in [7, 11) is 0. The third-order valence-corrected chi connectivity index (χ3v) is 4.43. The Balaban J connectivity index is 2.00. The molecule has 0 aromatic rings. The zero-order valence-electron chi connectivity index (χ0n) is 11.2. The lowest BCUT2D eigenvalue weighted by Crippen LogP contribution is -2.42. The van der Waals surface area contributed by atoms with Gasteiger partial charge in [-0.25, -0.2) is 0 Å². The molecule has 17 heavy (non-hydrogen) atoms. The highest BCUT2D eigenvalue weighted by Gasteiger charge is 2.43. The van der Waals surface area contributed by atoms with E-state index in [2.05, 4.69) is 18.7 Å². The molecular formula is C14H26N2O. The maximum Gasteiger partial charge on any atom is 0.226 e. The molecule has 3 nitrogen and oxygen atoms in total. The zero-order valence-corrected chi connectivity index (χ0v) is 11.2. The summed E-state index contributed by atoms with van der Waals surface area (Å²) in [5, 5.41) is 0. The van der Waals surface area contributed by atoms with Crippen LogP contribution in [-0.4, -0.2) is 29.9 Å². The maximum absolute atomic E-state index is 12.6. The van der Waals surface area contributed by atoms with Crippen molar-refractivity contribution in [3.63, 3.8) is 0 Å². The summed E-state index contributed by atoms with van der Waals surface area (Å²) in [6.45, 7) is 6.05. The summed E-state index contributed by atoms with van der Waals surface area (Å²) < 4.78 is 0. The lowest BCUT2D eigenvalue weighted by Gasteiger charge is -2.32. The zero-order chi connectivity index (χ0) is 12.5. The van der Waals surface area contributed by atoms with Crippen LogP contribution < -0.4 is 5.73 Å². The van der Waals surface area contributed by atoms with Crippen molar-refractivity contribution in [2.24, 2.45) is 17.1 Å². The summed E-state index contributed by atoms with van der Waals surface area (Å²) in [4.78, 5) is 14.8.